The number of nitrogens with two attached hydrogens (primary N) is 1. The Morgan fingerprint density at radius 2 is 1.94 bits per heavy atom. The van der Waals surface area contributed by atoms with Gasteiger partial charge < -0.3 is 5.73 Å². The number of hydrogen-bond donors (Lipinski definition) is 1. The Bertz CT molecular complexity index is 411. The zero-order valence-electron chi connectivity index (χ0n) is 8.71. The highest BCUT2D eigenvalue weighted by molar-refractivity contribution is 7.85. The maximum Gasteiger partial charge on any atom is 0.393 e. The molecule has 7 heteroatoms. The van der Waals surface area contributed by atoms with E-state index in [1.807, 2.05) is 0 Å². The molecule has 17 heavy (non-hydrogen) atoms. The van der Waals surface area contributed by atoms with Gasteiger partial charge in [-0.1, -0.05) is 23.7 Å². The van der Waals surface area contributed by atoms with Crippen molar-refractivity contribution in [2.75, 3.05) is 12.3 Å². The summed E-state index contributed by atoms with van der Waals surface area (Å²) in [6.45, 7) is -0.584. The lowest BCUT2D eigenvalue weighted by molar-refractivity contribution is -0.165. The highest BCUT2D eigenvalue weighted by Gasteiger charge is 2.39. The number of hydrogen-bond acceptors (Lipinski definition) is 2. The highest BCUT2D eigenvalue weighted by Crippen LogP contribution is 2.28. The molecule has 2 unspecified atom stereocenters. The molecule has 1 aromatic carbocycles. The predicted molar refractivity (Wildman–Crippen MR) is 61.3 cm³/mol. The summed E-state index contributed by atoms with van der Waals surface area (Å²) in [7, 11) is -1.80. The second-order valence-corrected chi connectivity index (χ2v) is 5.29. The normalized spacial score (nSPS) is 15.6. The van der Waals surface area contributed by atoms with Crippen LogP contribution in [0.25, 0.3) is 0 Å². The van der Waals surface area contributed by atoms with Crippen LogP contribution in [0.3, 0.4) is 0 Å². The van der Waals surface area contributed by atoms with Gasteiger partial charge in [0.05, 0.1) is 26.6 Å². The second kappa shape index (κ2) is 5.84. The average Bonchev–Trinajstić information content (AvgIpc) is 2.24. The summed E-state index contributed by atoms with van der Waals surface area (Å²) < 4.78 is 49.1. The molecule has 1 rings (SSSR count). The summed E-state index contributed by atoms with van der Waals surface area (Å²) in [5.41, 5.74) is 5.04. The Morgan fingerprint density at radius 3 is 2.41 bits per heavy atom. The van der Waals surface area contributed by atoms with Crippen LogP contribution < -0.4 is 5.73 Å². The Kier molecular flexibility index (Phi) is 4.97. The van der Waals surface area contributed by atoms with Gasteiger partial charge in [-0.05, 0) is 12.1 Å². The van der Waals surface area contributed by atoms with Crippen LogP contribution in [0.15, 0.2) is 29.2 Å². The van der Waals surface area contributed by atoms with Crippen molar-refractivity contribution < 1.29 is 17.4 Å². The van der Waals surface area contributed by atoms with E-state index in [-0.39, 0.29) is 9.92 Å². The van der Waals surface area contributed by atoms with E-state index in [0.717, 1.165) is 0 Å². The van der Waals surface area contributed by atoms with Gasteiger partial charge in [0.1, 0.15) is 0 Å². The van der Waals surface area contributed by atoms with E-state index in [0.29, 0.717) is 0 Å². The first kappa shape index (κ1) is 14.5. The van der Waals surface area contributed by atoms with Gasteiger partial charge >= 0.3 is 6.18 Å². The number of benzene rings is 1. The first-order valence-corrected chi connectivity index (χ1v) is 6.45. The second-order valence-electron chi connectivity index (χ2n) is 3.42. The largest absolute Gasteiger partial charge is 0.393 e. The summed E-state index contributed by atoms with van der Waals surface area (Å²) in [6.07, 6.45) is -4.44. The molecule has 0 amide bonds. The fourth-order valence-corrected chi connectivity index (χ4v) is 2.98. The molecule has 2 atom stereocenters. The van der Waals surface area contributed by atoms with Crippen molar-refractivity contribution >= 4 is 22.4 Å². The van der Waals surface area contributed by atoms with Crippen molar-refractivity contribution in [2.24, 2.45) is 11.7 Å². The first-order chi connectivity index (χ1) is 7.86. The van der Waals surface area contributed by atoms with Gasteiger partial charge in [0, 0.05) is 12.3 Å². The van der Waals surface area contributed by atoms with Gasteiger partial charge in [-0.3, -0.25) is 4.21 Å². The van der Waals surface area contributed by atoms with E-state index in [9.17, 15) is 17.4 Å². The van der Waals surface area contributed by atoms with Gasteiger partial charge in [0.15, 0.2) is 0 Å². The molecule has 96 valence electrons. The topological polar surface area (TPSA) is 43.1 Å². The van der Waals surface area contributed by atoms with Crippen LogP contribution in [0.2, 0.25) is 5.02 Å². The van der Waals surface area contributed by atoms with E-state index in [1.54, 1.807) is 12.1 Å². The van der Waals surface area contributed by atoms with E-state index in [4.69, 9.17) is 17.3 Å². The molecule has 1 aromatic rings. The van der Waals surface area contributed by atoms with Gasteiger partial charge in [-0.25, -0.2) is 0 Å². The van der Waals surface area contributed by atoms with Crippen LogP contribution in [0.5, 0.6) is 0 Å². The summed E-state index contributed by atoms with van der Waals surface area (Å²) in [5, 5.41) is 0.198. The zero-order chi connectivity index (χ0) is 13.1. The van der Waals surface area contributed by atoms with E-state index in [1.165, 1.54) is 12.1 Å². The number of rotatable bonds is 4. The molecule has 0 aliphatic rings. The molecule has 2 nitrogen and oxygen atoms in total. The van der Waals surface area contributed by atoms with Gasteiger partial charge in [0.2, 0.25) is 0 Å². The summed E-state index contributed by atoms with van der Waals surface area (Å²) in [4.78, 5) is 0.205. The standard InChI is InChI=1S/C10H11ClF3NOS/c11-8-3-1-2-4-9(8)17(16)6-7(5-15)10(12,13)14/h1-4,7H,5-6,15H2. The Hall–Kier alpha value is -0.590. The molecule has 2 N–H and O–H groups in total. The first-order valence-electron chi connectivity index (χ1n) is 4.76. The SMILES string of the molecule is NCC(CS(=O)c1ccccc1Cl)C(F)(F)F. The Labute approximate surface area is 104 Å². The quantitative estimate of drug-likeness (QED) is 0.924. The van der Waals surface area contributed by atoms with Crippen molar-refractivity contribution in [3.05, 3.63) is 29.3 Å². The van der Waals surface area contributed by atoms with Gasteiger partial charge in [-0.15, -0.1) is 0 Å². The third-order valence-corrected chi connectivity index (χ3v) is 4.18. The van der Waals surface area contributed by atoms with Crippen molar-refractivity contribution in [1.29, 1.82) is 0 Å². The van der Waals surface area contributed by atoms with E-state index < -0.39 is 35.2 Å². The van der Waals surface area contributed by atoms with Gasteiger partial charge in [0.25, 0.3) is 0 Å². The smallest absolute Gasteiger partial charge is 0.330 e. The molecule has 0 heterocycles. The molecule has 0 saturated heterocycles. The maximum absolute atomic E-state index is 12.4. The molecular weight excluding hydrogens is 275 g/mol. The summed E-state index contributed by atoms with van der Waals surface area (Å²) in [5.74, 6) is -2.34. The monoisotopic (exact) mass is 285 g/mol. The Balaban J connectivity index is 2.83. The third-order valence-electron chi connectivity index (χ3n) is 2.18. The molecule has 0 aliphatic carbocycles. The lowest BCUT2D eigenvalue weighted by atomic mass is 10.2. The minimum atomic E-state index is -4.44. The molecule has 0 bridgehead atoms. The average molecular weight is 286 g/mol. The van der Waals surface area contributed by atoms with Crippen molar-refractivity contribution in [3.63, 3.8) is 0 Å². The van der Waals surface area contributed by atoms with Crippen molar-refractivity contribution in [1.82, 2.24) is 0 Å². The third kappa shape index (κ3) is 3.97. The van der Waals surface area contributed by atoms with Crippen LogP contribution in [-0.2, 0) is 10.8 Å². The van der Waals surface area contributed by atoms with Crippen LogP contribution in [-0.4, -0.2) is 22.7 Å². The lowest BCUT2D eigenvalue weighted by Gasteiger charge is -2.18. The minimum absolute atomic E-state index is 0.198. The number of alkyl halides is 3. The van der Waals surface area contributed by atoms with Crippen LogP contribution in [0, 0.1) is 5.92 Å². The molecule has 0 aliphatic heterocycles. The lowest BCUT2D eigenvalue weighted by Crippen LogP contribution is -2.34. The van der Waals surface area contributed by atoms with Crippen molar-refractivity contribution in [3.8, 4) is 0 Å². The van der Waals surface area contributed by atoms with Crippen LogP contribution in [0.4, 0.5) is 13.2 Å². The molecule has 0 saturated carbocycles. The fourth-order valence-electron chi connectivity index (χ4n) is 1.20. The van der Waals surface area contributed by atoms with Crippen LogP contribution in [0.1, 0.15) is 0 Å². The van der Waals surface area contributed by atoms with Gasteiger partial charge in [-0.2, -0.15) is 13.2 Å². The van der Waals surface area contributed by atoms with E-state index in [2.05, 4.69) is 0 Å². The summed E-state index contributed by atoms with van der Waals surface area (Å²) >= 11 is 5.75. The zero-order valence-corrected chi connectivity index (χ0v) is 10.3. The molecule has 0 fully saturated rings. The maximum atomic E-state index is 12.4. The number of halogens is 4. The molecular formula is C10H11ClF3NOS. The fraction of sp³-hybridized carbons (Fsp3) is 0.400. The molecule has 0 aromatic heterocycles. The summed E-state index contributed by atoms with van der Waals surface area (Å²) in [6, 6.07) is 6.12. The molecule has 0 radical (unpaired) electrons. The predicted octanol–water partition coefficient (Wildman–Crippen LogP) is 2.58. The molecule has 0 spiro atoms. The highest BCUT2D eigenvalue weighted by atomic mass is 35.5. The Morgan fingerprint density at radius 1 is 1.35 bits per heavy atom. The van der Waals surface area contributed by atoms with Crippen LogP contribution >= 0.6 is 11.6 Å². The minimum Gasteiger partial charge on any atom is -0.330 e. The van der Waals surface area contributed by atoms with Crippen molar-refractivity contribution in [2.45, 2.75) is 11.1 Å². The van der Waals surface area contributed by atoms with E-state index >= 15 is 0 Å².